The van der Waals surface area contributed by atoms with Crippen molar-refractivity contribution in [2.24, 2.45) is 11.3 Å². The maximum atomic E-state index is 12.9. The van der Waals surface area contributed by atoms with E-state index in [1.165, 1.54) is 16.6 Å². The number of carbonyl (C=O) groups excluding carboxylic acids is 1. The Balaban J connectivity index is 1.41. The molecule has 1 atom stereocenters. The molecule has 4 rings (SSSR count). The van der Waals surface area contributed by atoms with E-state index in [1.54, 1.807) is 17.4 Å². The Labute approximate surface area is 233 Å². The van der Waals surface area contributed by atoms with Gasteiger partial charge in [0.15, 0.2) is 11.0 Å². The summed E-state index contributed by atoms with van der Waals surface area (Å²) in [6.45, 7) is 15.5. The summed E-state index contributed by atoms with van der Waals surface area (Å²) in [7, 11) is 0. The van der Waals surface area contributed by atoms with Gasteiger partial charge >= 0.3 is 0 Å². The number of hydrogen-bond donors (Lipinski definition) is 1. The van der Waals surface area contributed by atoms with E-state index in [0.717, 1.165) is 41.7 Å². The van der Waals surface area contributed by atoms with Gasteiger partial charge in [0.25, 0.3) is 0 Å². The molecule has 200 valence electrons. The van der Waals surface area contributed by atoms with Crippen molar-refractivity contribution >= 4 is 34.0 Å². The van der Waals surface area contributed by atoms with Crippen LogP contribution in [0.1, 0.15) is 60.1 Å². The molecule has 2 aromatic heterocycles. The van der Waals surface area contributed by atoms with Crippen LogP contribution in [0.25, 0.3) is 0 Å². The van der Waals surface area contributed by atoms with Gasteiger partial charge in [-0.1, -0.05) is 50.7 Å². The van der Waals surface area contributed by atoms with Gasteiger partial charge in [0.2, 0.25) is 5.91 Å². The van der Waals surface area contributed by atoms with E-state index < -0.39 is 0 Å². The van der Waals surface area contributed by atoms with Gasteiger partial charge in [-0.3, -0.25) is 9.36 Å². The molecule has 1 aliphatic rings. The average molecular weight is 550 g/mol. The molecule has 2 heterocycles. The number of nitriles is 1. The number of aryl methyl sites for hydroxylation is 2. The summed E-state index contributed by atoms with van der Waals surface area (Å²) in [6.07, 6.45) is 4.69. The number of nitrogens with one attached hydrogen (secondary N) is 1. The number of thiophene rings is 1. The van der Waals surface area contributed by atoms with Gasteiger partial charge in [-0.15, -0.1) is 28.1 Å². The van der Waals surface area contributed by atoms with Crippen LogP contribution in [-0.2, 0) is 30.8 Å². The van der Waals surface area contributed by atoms with Crippen LogP contribution in [0.3, 0.4) is 0 Å². The molecule has 1 unspecified atom stereocenters. The molecule has 38 heavy (non-hydrogen) atoms. The fourth-order valence-electron chi connectivity index (χ4n) is 4.67. The zero-order valence-corrected chi connectivity index (χ0v) is 24.4. The van der Waals surface area contributed by atoms with Gasteiger partial charge in [0, 0.05) is 11.4 Å². The van der Waals surface area contributed by atoms with Crippen molar-refractivity contribution in [2.75, 3.05) is 11.1 Å². The van der Waals surface area contributed by atoms with Crippen LogP contribution in [0.15, 0.2) is 36.0 Å². The summed E-state index contributed by atoms with van der Waals surface area (Å²) in [6, 6.07) is 8.43. The number of anilines is 1. The largest absolute Gasteiger partial charge is 0.485 e. The smallest absolute Gasteiger partial charge is 0.235 e. The van der Waals surface area contributed by atoms with E-state index in [9.17, 15) is 10.1 Å². The van der Waals surface area contributed by atoms with Crippen LogP contribution < -0.4 is 10.1 Å². The number of ether oxygens (including phenoxy) is 1. The van der Waals surface area contributed by atoms with Gasteiger partial charge < -0.3 is 10.1 Å². The van der Waals surface area contributed by atoms with Gasteiger partial charge in [0.1, 0.15) is 23.4 Å². The topological polar surface area (TPSA) is 92.8 Å². The molecule has 0 saturated heterocycles. The van der Waals surface area contributed by atoms with Crippen LogP contribution in [-0.4, -0.2) is 26.4 Å². The Hall–Kier alpha value is -3.09. The molecule has 1 N–H and O–H groups in total. The molecule has 0 fully saturated rings. The molecule has 0 saturated carbocycles. The lowest BCUT2D eigenvalue weighted by atomic mass is 9.72. The molecule has 0 radical (unpaired) electrons. The Kier molecular flexibility index (Phi) is 8.64. The number of aromatic nitrogens is 3. The molecule has 0 bridgehead atoms. The third-order valence-corrected chi connectivity index (χ3v) is 9.13. The number of thioether (sulfide) groups is 1. The molecule has 9 heteroatoms. The first-order valence-electron chi connectivity index (χ1n) is 12.8. The van der Waals surface area contributed by atoms with Crippen LogP contribution >= 0.6 is 23.1 Å². The highest BCUT2D eigenvalue weighted by Crippen LogP contribution is 2.44. The predicted octanol–water partition coefficient (Wildman–Crippen LogP) is 6.47. The van der Waals surface area contributed by atoms with Crippen LogP contribution in [0, 0.1) is 36.5 Å². The maximum Gasteiger partial charge on any atom is 0.235 e. The minimum absolute atomic E-state index is 0.158. The molecule has 1 aliphatic carbocycles. The van der Waals surface area contributed by atoms with E-state index in [4.69, 9.17) is 4.74 Å². The van der Waals surface area contributed by atoms with Crippen LogP contribution in [0.4, 0.5) is 5.00 Å². The third-order valence-electron chi connectivity index (χ3n) is 6.99. The summed E-state index contributed by atoms with van der Waals surface area (Å²) < 4.78 is 7.94. The van der Waals surface area contributed by atoms with Crippen molar-refractivity contribution in [3.63, 3.8) is 0 Å². The quantitative estimate of drug-likeness (QED) is 0.243. The number of fused-ring (bicyclic) bond motifs is 1. The lowest BCUT2D eigenvalue weighted by molar-refractivity contribution is -0.113. The summed E-state index contributed by atoms with van der Waals surface area (Å²) in [5, 5.41) is 22.7. The zero-order chi connectivity index (χ0) is 27.4. The van der Waals surface area contributed by atoms with Crippen molar-refractivity contribution in [2.45, 2.75) is 72.2 Å². The zero-order valence-electron chi connectivity index (χ0n) is 22.8. The number of benzene rings is 1. The second-order valence-electron chi connectivity index (χ2n) is 10.8. The van der Waals surface area contributed by atoms with Crippen molar-refractivity contribution in [1.82, 2.24) is 14.8 Å². The van der Waals surface area contributed by atoms with E-state index in [1.807, 2.05) is 30.5 Å². The fourth-order valence-corrected chi connectivity index (χ4v) is 6.74. The second kappa shape index (κ2) is 11.7. The highest BCUT2D eigenvalue weighted by Gasteiger charge is 2.32. The van der Waals surface area contributed by atoms with E-state index in [-0.39, 0.29) is 23.7 Å². The number of hydrogen-bond acceptors (Lipinski definition) is 7. The second-order valence-corrected chi connectivity index (χ2v) is 12.9. The molecular formula is C29H35N5O2S2. The number of amides is 1. The van der Waals surface area contributed by atoms with Gasteiger partial charge in [-0.2, -0.15) is 5.26 Å². The van der Waals surface area contributed by atoms with E-state index in [2.05, 4.69) is 55.0 Å². The summed E-state index contributed by atoms with van der Waals surface area (Å²) in [5.74, 6) is 2.04. The molecule has 1 aromatic carbocycles. The minimum Gasteiger partial charge on any atom is -0.485 e. The van der Waals surface area contributed by atoms with Gasteiger partial charge in [0.05, 0.1) is 11.3 Å². The summed E-state index contributed by atoms with van der Waals surface area (Å²) in [5.41, 5.74) is 4.13. The average Bonchev–Trinajstić information content (AvgIpc) is 3.42. The van der Waals surface area contributed by atoms with Crippen molar-refractivity contribution < 1.29 is 9.53 Å². The maximum absolute atomic E-state index is 12.9. The van der Waals surface area contributed by atoms with Gasteiger partial charge in [-0.25, -0.2) is 0 Å². The fraction of sp³-hybridized carbons (Fsp3) is 0.448. The lowest BCUT2D eigenvalue weighted by Crippen LogP contribution is -2.26. The first-order chi connectivity index (χ1) is 18.1. The molecule has 0 aliphatic heterocycles. The van der Waals surface area contributed by atoms with E-state index in [0.29, 0.717) is 34.0 Å². The Bertz CT molecular complexity index is 1380. The van der Waals surface area contributed by atoms with Crippen molar-refractivity contribution in [1.29, 1.82) is 5.26 Å². The standard InChI is InChI=1S/C29H35N5O2S2/c1-7-12-34-25(16-36-23-13-18(2)8-9-19(23)3)32-33-28(34)37-17-26(35)31-27-22(15-30)21-11-10-20(29(4,5)6)14-24(21)38-27/h7-9,13,20H,1,10-12,14,16-17H2,2-6H3,(H,31,35). The molecule has 3 aromatic rings. The highest BCUT2D eigenvalue weighted by atomic mass is 32.2. The summed E-state index contributed by atoms with van der Waals surface area (Å²) >= 11 is 2.86. The molecule has 0 spiro atoms. The number of nitrogens with zero attached hydrogens (tertiary/aromatic N) is 4. The number of allylic oxidation sites excluding steroid dienone is 1. The Morgan fingerprint density at radius 2 is 2.16 bits per heavy atom. The normalized spacial score (nSPS) is 15.0. The molecule has 7 nitrogen and oxygen atoms in total. The summed E-state index contributed by atoms with van der Waals surface area (Å²) in [4.78, 5) is 14.1. The molecular weight excluding hydrogens is 514 g/mol. The van der Waals surface area contributed by atoms with E-state index >= 15 is 0 Å². The predicted molar refractivity (Wildman–Crippen MR) is 154 cm³/mol. The monoisotopic (exact) mass is 549 g/mol. The number of rotatable bonds is 9. The van der Waals surface area contributed by atoms with Gasteiger partial charge in [-0.05, 0) is 67.2 Å². The highest BCUT2D eigenvalue weighted by molar-refractivity contribution is 7.99. The number of carbonyl (C=O) groups is 1. The lowest BCUT2D eigenvalue weighted by Gasteiger charge is -2.33. The first kappa shape index (κ1) is 27.9. The SMILES string of the molecule is C=CCn1c(COc2cc(C)ccc2C)nnc1SCC(=O)Nc1sc2c(c1C#N)CCC(C(C)(C)C)C2. The first-order valence-corrected chi connectivity index (χ1v) is 14.6. The Morgan fingerprint density at radius 3 is 2.87 bits per heavy atom. The van der Waals surface area contributed by atoms with Crippen LogP contribution in [0.2, 0.25) is 0 Å². The van der Waals surface area contributed by atoms with Crippen molar-refractivity contribution in [3.8, 4) is 11.8 Å². The minimum atomic E-state index is -0.168. The third kappa shape index (κ3) is 6.30. The van der Waals surface area contributed by atoms with Crippen molar-refractivity contribution in [3.05, 3.63) is 63.8 Å². The molecule has 1 amide bonds. The van der Waals surface area contributed by atoms with Crippen LogP contribution in [0.5, 0.6) is 5.75 Å². The Morgan fingerprint density at radius 1 is 1.37 bits per heavy atom.